The van der Waals surface area contributed by atoms with Crippen LogP contribution in [0.25, 0.3) is 0 Å². The van der Waals surface area contributed by atoms with Gasteiger partial charge in [0.1, 0.15) is 0 Å². The van der Waals surface area contributed by atoms with Crippen molar-refractivity contribution in [3.05, 3.63) is 39.4 Å². The van der Waals surface area contributed by atoms with Gasteiger partial charge in [-0.2, -0.15) is 0 Å². The second-order valence-electron chi connectivity index (χ2n) is 4.84. The summed E-state index contributed by atoms with van der Waals surface area (Å²) in [6.45, 7) is 6.09. The van der Waals surface area contributed by atoms with E-state index >= 15 is 0 Å². The zero-order chi connectivity index (χ0) is 15.3. The molecule has 1 atom stereocenters. The molecule has 0 aliphatic heterocycles. The molecule has 0 aliphatic rings. The molecule has 20 heavy (non-hydrogen) atoms. The van der Waals surface area contributed by atoms with Crippen LogP contribution < -0.4 is 0 Å². The number of carbonyl (C=O) groups is 1. The van der Waals surface area contributed by atoms with Crippen molar-refractivity contribution in [1.29, 1.82) is 0 Å². The second-order valence-corrected chi connectivity index (χ2v) is 4.84. The SMILES string of the molecule is CCCN(CC(=O)O)C(C)c1ccc(C)c([N+](=O)[O-])c1. The quantitative estimate of drug-likeness (QED) is 0.613. The highest BCUT2D eigenvalue weighted by Crippen LogP contribution is 2.26. The first-order valence-corrected chi connectivity index (χ1v) is 6.57. The molecule has 0 fully saturated rings. The molecule has 1 rings (SSSR count). The number of benzene rings is 1. The number of carboxylic acid groups (broad SMARTS) is 1. The molecule has 0 aromatic heterocycles. The number of hydrogen-bond acceptors (Lipinski definition) is 4. The first kappa shape index (κ1) is 16.1. The molecule has 0 radical (unpaired) electrons. The Labute approximate surface area is 118 Å². The van der Waals surface area contributed by atoms with Crippen LogP contribution in [0.1, 0.15) is 37.4 Å². The van der Waals surface area contributed by atoms with Gasteiger partial charge < -0.3 is 5.11 Å². The molecule has 1 aromatic rings. The molecular weight excluding hydrogens is 260 g/mol. The molecule has 0 saturated carbocycles. The van der Waals surface area contributed by atoms with Crippen LogP contribution in [0, 0.1) is 17.0 Å². The lowest BCUT2D eigenvalue weighted by Gasteiger charge is -2.27. The van der Waals surface area contributed by atoms with Gasteiger partial charge in [0.15, 0.2) is 0 Å². The lowest BCUT2D eigenvalue weighted by atomic mass is 10.0. The van der Waals surface area contributed by atoms with Crippen LogP contribution >= 0.6 is 0 Å². The third-order valence-electron chi connectivity index (χ3n) is 3.31. The summed E-state index contributed by atoms with van der Waals surface area (Å²) < 4.78 is 0. The minimum absolute atomic E-state index is 0.0705. The third-order valence-corrected chi connectivity index (χ3v) is 3.31. The smallest absolute Gasteiger partial charge is 0.317 e. The van der Waals surface area contributed by atoms with Crippen LogP contribution in [0.5, 0.6) is 0 Å². The largest absolute Gasteiger partial charge is 0.480 e. The number of carboxylic acids is 1. The molecule has 6 nitrogen and oxygen atoms in total. The molecule has 6 heteroatoms. The van der Waals surface area contributed by atoms with E-state index < -0.39 is 10.9 Å². The average molecular weight is 280 g/mol. The zero-order valence-corrected chi connectivity index (χ0v) is 12.0. The van der Waals surface area contributed by atoms with E-state index in [2.05, 4.69) is 0 Å². The summed E-state index contributed by atoms with van der Waals surface area (Å²) in [4.78, 5) is 23.3. The Bertz CT molecular complexity index is 502. The number of rotatable bonds is 7. The zero-order valence-electron chi connectivity index (χ0n) is 12.0. The van der Waals surface area contributed by atoms with Crippen LogP contribution in [0.15, 0.2) is 18.2 Å². The fourth-order valence-corrected chi connectivity index (χ4v) is 2.16. The lowest BCUT2D eigenvalue weighted by molar-refractivity contribution is -0.385. The molecule has 0 amide bonds. The molecule has 1 N–H and O–H groups in total. The summed E-state index contributed by atoms with van der Waals surface area (Å²) in [6.07, 6.45) is 0.825. The van der Waals surface area contributed by atoms with Crippen molar-refractivity contribution in [3.63, 3.8) is 0 Å². The number of hydrogen-bond donors (Lipinski definition) is 1. The van der Waals surface area contributed by atoms with Crippen molar-refractivity contribution in [3.8, 4) is 0 Å². The number of aryl methyl sites for hydroxylation is 1. The fraction of sp³-hybridized carbons (Fsp3) is 0.500. The molecule has 0 aliphatic carbocycles. The molecule has 1 unspecified atom stereocenters. The van der Waals surface area contributed by atoms with Crippen LogP contribution in [-0.2, 0) is 4.79 Å². The van der Waals surface area contributed by atoms with E-state index in [1.807, 2.05) is 19.9 Å². The van der Waals surface area contributed by atoms with Gasteiger partial charge in [0.05, 0.1) is 11.5 Å². The Morgan fingerprint density at radius 2 is 2.15 bits per heavy atom. The van der Waals surface area contributed by atoms with E-state index in [0.29, 0.717) is 12.1 Å². The van der Waals surface area contributed by atoms with Gasteiger partial charge in [-0.3, -0.25) is 19.8 Å². The summed E-state index contributed by atoms with van der Waals surface area (Å²) in [5.74, 6) is -0.896. The first-order chi connectivity index (χ1) is 9.36. The van der Waals surface area contributed by atoms with Gasteiger partial charge in [0.25, 0.3) is 5.69 Å². The van der Waals surface area contributed by atoms with Crippen molar-refractivity contribution < 1.29 is 14.8 Å². The first-order valence-electron chi connectivity index (χ1n) is 6.57. The summed E-state index contributed by atoms with van der Waals surface area (Å²) in [5, 5.41) is 19.9. The monoisotopic (exact) mass is 280 g/mol. The van der Waals surface area contributed by atoms with Gasteiger partial charge in [0, 0.05) is 17.7 Å². The summed E-state index contributed by atoms with van der Waals surface area (Å²) in [7, 11) is 0. The molecule has 0 saturated heterocycles. The van der Waals surface area contributed by atoms with Crippen molar-refractivity contribution in [2.24, 2.45) is 0 Å². The molecule has 0 bridgehead atoms. The molecular formula is C14H20N2O4. The standard InChI is InChI=1S/C14H20N2O4/c1-4-7-15(9-14(17)18)11(3)12-6-5-10(2)13(8-12)16(19)20/h5-6,8,11H,4,7,9H2,1-3H3,(H,17,18). The van der Waals surface area contributed by atoms with Crippen LogP contribution in [0.2, 0.25) is 0 Å². The normalized spacial score (nSPS) is 12.4. The van der Waals surface area contributed by atoms with Crippen molar-refractivity contribution in [1.82, 2.24) is 4.90 Å². The van der Waals surface area contributed by atoms with Crippen LogP contribution in [0.4, 0.5) is 5.69 Å². The topological polar surface area (TPSA) is 83.7 Å². The van der Waals surface area contributed by atoms with Gasteiger partial charge >= 0.3 is 5.97 Å². The van der Waals surface area contributed by atoms with E-state index in [4.69, 9.17) is 5.11 Å². The Hall–Kier alpha value is -1.95. The van der Waals surface area contributed by atoms with E-state index in [0.717, 1.165) is 12.0 Å². The van der Waals surface area contributed by atoms with E-state index in [9.17, 15) is 14.9 Å². The fourth-order valence-electron chi connectivity index (χ4n) is 2.16. The average Bonchev–Trinajstić information content (AvgIpc) is 2.37. The van der Waals surface area contributed by atoms with Gasteiger partial charge in [-0.25, -0.2) is 0 Å². The Balaban J connectivity index is 3.04. The van der Waals surface area contributed by atoms with E-state index in [1.54, 1.807) is 17.9 Å². The number of nitrogens with zero attached hydrogens (tertiary/aromatic N) is 2. The third kappa shape index (κ3) is 4.03. The van der Waals surface area contributed by atoms with Gasteiger partial charge in [-0.15, -0.1) is 0 Å². The minimum Gasteiger partial charge on any atom is -0.480 e. The summed E-state index contributed by atoms with van der Waals surface area (Å²) in [5.41, 5.74) is 1.43. The van der Waals surface area contributed by atoms with Crippen molar-refractivity contribution in [2.75, 3.05) is 13.1 Å². The molecule has 0 spiro atoms. The molecule has 110 valence electrons. The predicted octanol–water partition coefficient (Wildman–Crippen LogP) is 2.76. The number of nitro groups is 1. The summed E-state index contributed by atoms with van der Waals surface area (Å²) in [6, 6.07) is 4.88. The van der Waals surface area contributed by atoms with Crippen LogP contribution in [-0.4, -0.2) is 34.0 Å². The summed E-state index contributed by atoms with van der Waals surface area (Å²) >= 11 is 0. The number of nitro benzene ring substituents is 1. The maximum atomic E-state index is 11.0. The maximum Gasteiger partial charge on any atom is 0.317 e. The van der Waals surface area contributed by atoms with E-state index in [-0.39, 0.29) is 18.3 Å². The predicted molar refractivity (Wildman–Crippen MR) is 75.7 cm³/mol. The highest BCUT2D eigenvalue weighted by Gasteiger charge is 2.20. The highest BCUT2D eigenvalue weighted by molar-refractivity contribution is 5.69. The second kappa shape index (κ2) is 7.00. The van der Waals surface area contributed by atoms with Crippen molar-refractivity contribution in [2.45, 2.75) is 33.2 Å². The molecule has 0 heterocycles. The lowest BCUT2D eigenvalue weighted by Crippen LogP contribution is -2.33. The molecule has 1 aromatic carbocycles. The Morgan fingerprint density at radius 3 is 2.65 bits per heavy atom. The Morgan fingerprint density at radius 1 is 1.50 bits per heavy atom. The maximum absolute atomic E-state index is 11.0. The Kier molecular flexibility index (Phi) is 5.64. The number of aliphatic carboxylic acids is 1. The van der Waals surface area contributed by atoms with E-state index in [1.165, 1.54) is 6.07 Å². The highest BCUT2D eigenvalue weighted by atomic mass is 16.6. The minimum atomic E-state index is -0.896. The van der Waals surface area contributed by atoms with Gasteiger partial charge in [-0.1, -0.05) is 19.1 Å². The van der Waals surface area contributed by atoms with Gasteiger partial charge in [0.2, 0.25) is 0 Å². The van der Waals surface area contributed by atoms with Gasteiger partial charge in [-0.05, 0) is 32.4 Å². The van der Waals surface area contributed by atoms with Crippen molar-refractivity contribution >= 4 is 11.7 Å². The van der Waals surface area contributed by atoms with Crippen LogP contribution in [0.3, 0.4) is 0 Å².